The Morgan fingerprint density at radius 1 is 0.416 bits per heavy atom. The van der Waals surface area contributed by atoms with Crippen LogP contribution in [0.2, 0.25) is 0 Å². The van der Waals surface area contributed by atoms with E-state index in [1.807, 2.05) is 45.9 Å². The fourth-order valence-electron chi connectivity index (χ4n) is 7.80. The van der Waals surface area contributed by atoms with Gasteiger partial charge >= 0.3 is 12.1 Å². The Labute approximate surface area is 460 Å². The van der Waals surface area contributed by atoms with Crippen molar-refractivity contribution in [1.29, 1.82) is 0 Å². The Balaban J connectivity index is 1.55. The average molecular weight is 1100 g/mol. The van der Waals surface area contributed by atoms with Crippen LogP contribution in [0.15, 0.2) is 24.3 Å². The number of amides is 4. The van der Waals surface area contributed by atoms with Crippen LogP contribution < -0.4 is 21.3 Å². The van der Waals surface area contributed by atoms with Crippen LogP contribution in [0.25, 0.3) is 5.57 Å². The largest absolute Gasteiger partial charge is 0.382 e. The van der Waals surface area contributed by atoms with Crippen molar-refractivity contribution in [2.75, 3.05) is 210 Å². The van der Waals surface area contributed by atoms with E-state index < -0.39 is 11.1 Å². The molecule has 2 rings (SSSR count). The molecular weight excluding hydrogens is 1000 g/mol. The second-order valence-corrected chi connectivity index (χ2v) is 19.3. The normalized spacial score (nSPS) is 14.2. The summed E-state index contributed by atoms with van der Waals surface area (Å²) in [7, 11) is 3.28. The first kappa shape index (κ1) is 70.0. The fraction of sp³-hybridized carbons (Fsp3) is 0.818. The van der Waals surface area contributed by atoms with Crippen LogP contribution in [-0.4, -0.2) is 227 Å². The molecule has 22 nitrogen and oxygen atoms in total. The molecule has 0 atom stereocenters. The minimum Gasteiger partial charge on any atom is -0.382 e. The van der Waals surface area contributed by atoms with Gasteiger partial charge in [-0.3, -0.25) is 0 Å². The number of carbonyl (C=O) groups excluding carboxylic acids is 2. The standard InChI is InChI=1S/C55H100N5O17/c1-54(2)46-49(47-55(3,4)60(54)63)48-43-50(58-52(61)56-15-11-7-9-13-17-66-23-25-70-31-33-74-39-41-76-37-35-72-29-27-68-21-19-64-5)45-51(44-48)59-53(62)57-16-12-8-10-14-18-67-24-26-71-32-34-75-40-42-77-38-36-73-30-28-69-22-20-65-6/h43-46H,7-42,47H2,1-6H3,(H2,56,58,61)(H2,57,59,62). The number of hydroxylamine groups is 2. The lowest BCUT2D eigenvalue weighted by Gasteiger charge is -2.45. The summed E-state index contributed by atoms with van der Waals surface area (Å²) >= 11 is 0. The number of anilines is 2. The van der Waals surface area contributed by atoms with E-state index in [1.54, 1.807) is 20.3 Å². The number of hydrogen-bond donors (Lipinski definition) is 4. The number of nitrogens with one attached hydrogen (secondary N) is 4. The van der Waals surface area contributed by atoms with Gasteiger partial charge in [0.1, 0.15) is 0 Å². The van der Waals surface area contributed by atoms with Crippen LogP contribution in [0.3, 0.4) is 0 Å². The zero-order valence-electron chi connectivity index (χ0n) is 47.9. The van der Waals surface area contributed by atoms with E-state index in [1.165, 1.54) is 0 Å². The summed E-state index contributed by atoms with van der Waals surface area (Å²) in [6.07, 6.45) is 9.79. The van der Waals surface area contributed by atoms with Crippen molar-refractivity contribution in [3.8, 4) is 0 Å². The average Bonchev–Trinajstić information content (AvgIpc) is 3.40. The number of hydrogen-bond acceptors (Lipinski definition) is 17. The third-order valence-corrected chi connectivity index (χ3v) is 11.6. The maximum atomic E-state index is 13.1. The Morgan fingerprint density at radius 2 is 0.701 bits per heavy atom. The van der Waals surface area contributed by atoms with Gasteiger partial charge in [-0.1, -0.05) is 31.8 Å². The monoisotopic (exact) mass is 1100 g/mol. The molecule has 77 heavy (non-hydrogen) atoms. The smallest absolute Gasteiger partial charge is 0.319 e. The highest BCUT2D eigenvalue weighted by molar-refractivity contribution is 5.94. The summed E-state index contributed by atoms with van der Waals surface area (Å²) in [5.41, 5.74) is 1.43. The molecular formula is C55H100N5O17. The second-order valence-electron chi connectivity index (χ2n) is 19.3. The molecule has 0 spiro atoms. The van der Waals surface area contributed by atoms with Gasteiger partial charge in [0, 0.05) is 57.4 Å². The van der Waals surface area contributed by atoms with Crippen molar-refractivity contribution in [3.63, 3.8) is 0 Å². The van der Waals surface area contributed by atoms with Gasteiger partial charge in [0.2, 0.25) is 0 Å². The Morgan fingerprint density at radius 3 is 1.00 bits per heavy atom. The van der Waals surface area contributed by atoms with E-state index in [0.717, 1.165) is 67.6 Å². The predicted molar refractivity (Wildman–Crippen MR) is 294 cm³/mol. The molecule has 447 valence electrons. The molecule has 1 heterocycles. The van der Waals surface area contributed by atoms with Crippen LogP contribution in [-0.2, 0) is 71.5 Å². The third kappa shape index (κ3) is 39.0. The number of methoxy groups -OCH3 is 2. The number of benzene rings is 1. The summed E-state index contributed by atoms with van der Waals surface area (Å²) < 4.78 is 76.0. The maximum Gasteiger partial charge on any atom is 0.319 e. The highest BCUT2D eigenvalue weighted by Gasteiger charge is 2.42. The lowest BCUT2D eigenvalue weighted by Crippen LogP contribution is -2.54. The van der Waals surface area contributed by atoms with Gasteiger partial charge < -0.3 is 87.6 Å². The molecule has 1 aromatic carbocycles. The minimum absolute atomic E-state index is 0.339. The van der Waals surface area contributed by atoms with E-state index in [9.17, 15) is 14.8 Å². The Bertz CT molecular complexity index is 1530. The topological polar surface area (TPSA) is 235 Å². The van der Waals surface area contributed by atoms with Crippen LogP contribution >= 0.6 is 0 Å². The molecule has 0 unspecified atom stereocenters. The lowest BCUT2D eigenvalue weighted by atomic mass is 9.80. The highest BCUT2D eigenvalue weighted by atomic mass is 16.6. The Kier molecular flexibility index (Phi) is 43.3. The van der Waals surface area contributed by atoms with Crippen molar-refractivity contribution in [1.82, 2.24) is 15.7 Å². The number of carbonyl (C=O) groups is 2. The number of urea groups is 2. The van der Waals surface area contributed by atoms with Crippen molar-refractivity contribution >= 4 is 29.0 Å². The molecule has 0 fully saturated rings. The molecule has 0 bridgehead atoms. The van der Waals surface area contributed by atoms with Gasteiger partial charge in [-0.05, 0) is 89.1 Å². The summed E-state index contributed by atoms with van der Waals surface area (Å²) in [6.45, 7) is 22.5. The molecule has 22 heteroatoms. The van der Waals surface area contributed by atoms with Gasteiger partial charge in [-0.2, -0.15) is 0 Å². The number of nitrogens with zero attached hydrogens (tertiary/aromatic N) is 1. The van der Waals surface area contributed by atoms with Crippen LogP contribution in [0.4, 0.5) is 21.0 Å². The van der Waals surface area contributed by atoms with Gasteiger partial charge in [0.15, 0.2) is 0 Å². The van der Waals surface area contributed by atoms with Crippen LogP contribution in [0, 0.1) is 0 Å². The first-order valence-electron chi connectivity index (χ1n) is 27.8. The predicted octanol–water partition coefficient (Wildman–Crippen LogP) is 6.53. The molecule has 4 N–H and O–H groups in total. The molecule has 4 amide bonds. The number of unbranched alkanes of at least 4 members (excludes halogenated alkanes) is 6. The summed E-state index contributed by atoms with van der Waals surface area (Å²) in [5.74, 6) is 0. The van der Waals surface area contributed by atoms with E-state index in [4.69, 9.17) is 66.3 Å². The van der Waals surface area contributed by atoms with Gasteiger partial charge in [0.25, 0.3) is 0 Å². The van der Waals surface area contributed by atoms with Gasteiger partial charge in [0.05, 0.1) is 164 Å². The van der Waals surface area contributed by atoms with Gasteiger partial charge in [-0.15, -0.1) is 10.3 Å². The SMILES string of the molecule is COCCOCCOCCOCCOCCOCCOCCCCCCNC(=O)Nc1cc(NC(=O)NCCCCCCOCCOCCOCCOCCOCCOCCOC)cc(C2=CC(C)(C)N([O])C(C)(C)C2)c1. The zero-order chi connectivity index (χ0) is 55.8. The third-order valence-electron chi connectivity index (χ3n) is 11.6. The number of rotatable bonds is 53. The molecule has 1 radical (unpaired) electrons. The van der Waals surface area contributed by atoms with E-state index in [0.29, 0.717) is 203 Å². The van der Waals surface area contributed by atoms with Crippen molar-refractivity contribution in [2.24, 2.45) is 0 Å². The van der Waals surface area contributed by atoms with Crippen molar-refractivity contribution in [3.05, 3.63) is 29.8 Å². The molecule has 1 aromatic rings. The lowest BCUT2D eigenvalue weighted by molar-refractivity contribution is -0.260. The molecule has 0 saturated carbocycles. The molecule has 1 aliphatic rings. The van der Waals surface area contributed by atoms with Gasteiger partial charge in [-0.25, -0.2) is 9.59 Å². The molecule has 0 aromatic heterocycles. The van der Waals surface area contributed by atoms with E-state index >= 15 is 0 Å². The van der Waals surface area contributed by atoms with E-state index in [2.05, 4.69) is 21.3 Å². The quantitative estimate of drug-likeness (QED) is 0.0508. The fourth-order valence-corrected chi connectivity index (χ4v) is 7.80. The molecule has 0 saturated heterocycles. The Hall–Kier alpha value is -3.14. The first-order valence-corrected chi connectivity index (χ1v) is 27.8. The summed E-state index contributed by atoms with van der Waals surface area (Å²) in [6, 6.07) is 4.83. The molecule has 0 aliphatic carbocycles. The van der Waals surface area contributed by atoms with Crippen LogP contribution in [0.1, 0.15) is 91.0 Å². The van der Waals surface area contributed by atoms with E-state index in [-0.39, 0.29) is 12.1 Å². The second kappa shape index (κ2) is 47.6. The minimum atomic E-state index is -0.749. The maximum absolute atomic E-state index is 13.1. The highest BCUT2D eigenvalue weighted by Crippen LogP contribution is 2.41. The summed E-state index contributed by atoms with van der Waals surface area (Å²) in [4.78, 5) is 26.2. The van der Waals surface area contributed by atoms with Crippen molar-refractivity contribution < 1.29 is 81.1 Å². The van der Waals surface area contributed by atoms with Crippen LogP contribution in [0.5, 0.6) is 0 Å². The first-order chi connectivity index (χ1) is 37.5. The number of ether oxygens (including phenoxy) is 14. The summed E-state index contributed by atoms with van der Waals surface area (Å²) in [5, 5.41) is 26.1. The molecule has 1 aliphatic heterocycles. The van der Waals surface area contributed by atoms with Crippen molar-refractivity contribution in [2.45, 2.75) is 96.6 Å². The zero-order valence-corrected chi connectivity index (χ0v) is 47.9.